The summed E-state index contributed by atoms with van der Waals surface area (Å²) in [7, 11) is 0. The summed E-state index contributed by atoms with van der Waals surface area (Å²) >= 11 is 0. The van der Waals surface area contributed by atoms with E-state index in [1.165, 1.54) is 0 Å². The number of aromatic nitrogens is 4. The first kappa shape index (κ1) is 16.8. The second-order valence-electron chi connectivity index (χ2n) is 6.66. The second kappa shape index (κ2) is 5.83. The number of hydrogen-bond donors (Lipinski definition) is 5. The van der Waals surface area contributed by atoms with Crippen LogP contribution in [0.1, 0.15) is 22.6 Å². The number of nitrogens with two attached hydrogens (primary N) is 3. The first-order valence-corrected chi connectivity index (χ1v) is 8.68. The van der Waals surface area contributed by atoms with Gasteiger partial charge in [0.2, 0.25) is 17.8 Å². The molecule has 1 atom stereocenters. The van der Waals surface area contributed by atoms with Crippen molar-refractivity contribution in [2.45, 2.75) is 5.92 Å². The molecule has 0 fully saturated rings. The highest BCUT2D eigenvalue weighted by Crippen LogP contribution is 2.48. The molecule has 2 aromatic heterocycles. The molecule has 1 unspecified atom stereocenters. The molecular formula is C19H15N7O3. The average molecular weight is 389 g/mol. The summed E-state index contributed by atoms with van der Waals surface area (Å²) in [5.74, 6) is -0.698. The van der Waals surface area contributed by atoms with Gasteiger partial charge in [-0.05, 0) is 5.39 Å². The number of ether oxygens (including phenoxy) is 1. The number of H-pyrrole nitrogens is 2. The molecule has 0 aliphatic carbocycles. The van der Waals surface area contributed by atoms with Crippen LogP contribution in [0.5, 0.6) is 11.6 Å². The smallest absolute Gasteiger partial charge is 0.260 e. The van der Waals surface area contributed by atoms with E-state index in [2.05, 4.69) is 19.9 Å². The van der Waals surface area contributed by atoms with Gasteiger partial charge in [0.15, 0.2) is 0 Å². The second-order valence-corrected chi connectivity index (χ2v) is 6.66. The van der Waals surface area contributed by atoms with Crippen LogP contribution in [0.25, 0.3) is 10.8 Å². The quantitative estimate of drug-likeness (QED) is 0.282. The normalized spacial score (nSPS) is 14.8. The van der Waals surface area contributed by atoms with Gasteiger partial charge in [-0.3, -0.25) is 19.6 Å². The number of fused-ring (bicyclic) bond motifs is 4. The van der Waals surface area contributed by atoms with Crippen molar-refractivity contribution in [2.24, 2.45) is 0 Å². The van der Waals surface area contributed by atoms with Crippen molar-refractivity contribution < 1.29 is 4.74 Å². The van der Waals surface area contributed by atoms with Crippen molar-refractivity contribution >= 4 is 28.5 Å². The molecule has 0 spiro atoms. The molecule has 0 amide bonds. The van der Waals surface area contributed by atoms with E-state index >= 15 is 0 Å². The molecular weight excluding hydrogens is 374 g/mol. The van der Waals surface area contributed by atoms with E-state index in [9.17, 15) is 9.59 Å². The zero-order valence-corrected chi connectivity index (χ0v) is 14.9. The van der Waals surface area contributed by atoms with E-state index < -0.39 is 17.0 Å². The Morgan fingerprint density at radius 3 is 2.31 bits per heavy atom. The minimum atomic E-state index is -0.868. The van der Waals surface area contributed by atoms with Crippen molar-refractivity contribution in [1.82, 2.24) is 19.9 Å². The van der Waals surface area contributed by atoms with E-state index in [4.69, 9.17) is 21.9 Å². The Morgan fingerprint density at radius 2 is 1.55 bits per heavy atom. The van der Waals surface area contributed by atoms with Crippen molar-refractivity contribution in [3.63, 3.8) is 0 Å². The monoisotopic (exact) mass is 389 g/mol. The molecule has 0 saturated carbocycles. The van der Waals surface area contributed by atoms with Gasteiger partial charge in [-0.2, -0.15) is 9.97 Å². The molecule has 4 aromatic rings. The number of rotatable bonds is 1. The predicted molar refractivity (Wildman–Crippen MR) is 108 cm³/mol. The summed E-state index contributed by atoms with van der Waals surface area (Å²) in [5, 5.41) is 1.71. The fourth-order valence-corrected chi connectivity index (χ4v) is 3.76. The van der Waals surface area contributed by atoms with Crippen LogP contribution in [0, 0.1) is 0 Å². The fraction of sp³-hybridized carbons (Fsp3) is 0.0526. The highest BCUT2D eigenvalue weighted by atomic mass is 16.5. The van der Waals surface area contributed by atoms with Crippen LogP contribution in [0.3, 0.4) is 0 Å². The van der Waals surface area contributed by atoms with Gasteiger partial charge in [-0.1, -0.05) is 36.4 Å². The minimum absolute atomic E-state index is 0.00993. The van der Waals surface area contributed by atoms with Crippen LogP contribution >= 0.6 is 0 Å². The molecule has 0 radical (unpaired) electrons. The lowest BCUT2D eigenvalue weighted by atomic mass is 9.83. The first-order valence-electron chi connectivity index (χ1n) is 8.68. The molecule has 0 bridgehead atoms. The van der Waals surface area contributed by atoms with Gasteiger partial charge < -0.3 is 21.9 Å². The van der Waals surface area contributed by atoms with Crippen molar-refractivity contribution in [3.8, 4) is 11.6 Å². The summed E-state index contributed by atoms with van der Waals surface area (Å²) in [5.41, 5.74) is 17.1. The Hall–Kier alpha value is -4.34. The number of anilines is 3. The molecule has 2 aromatic carbocycles. The van der Waals surface area contributed by atoms with Crippen LogP contribution in [0.2, 0.25) is 0 Å². The minimum Gasteiger partial charge on any atom is -0.437 e. The molecule has 8 N–H and O–H groups in total. The van der Waals surface area contributed by atoms with Gasteiger partial charge in [0, 0.05) is 10.9 Å². The third-order valence-corrected chi connectivity index (χ3v) is 4.94. The Labute approximate surface area is 162 Å². The number of hydrogen-bond acceptors (Lipinski definition) is 8. The SMILES string of the molecule is Nc1nc(N)c(C2c3ccc4ccccc4c3Oc3nc(N)[nH]c(=O)c32)c(=O)[nH]1. The lowest BCUT2D eigenvalue weighted by Crippen LogP contribution is -2.30. The number of nitrogen functional groups attached to an aromatic ring is 3. The topological polar surface area (TPSA) is 179 Å². The van der Waals surface area contributed by atoms with Gasteiger partial charge in [-0.15, -0.1) is 0 Å². The maximum Gasteiger partial charge on any atom is 0.260 e. The van der Waals surface area contributed by atoms with Crippen LogP contribution in [-0.2, 0) is 0 Å². The summed E-state index contributed by atoms with van der Waals surface area (Å²) in [6, 6.07) is 11.2. The van der Waals surface area contributed by atoms with Gasteiger partial charge in [0.1, 0.15) is 11.6 Å². The van der Waals surface area contributed by atoms with Crippen molar-refractivity contribution in [2.75, 3.05) is 17.2 Å². The maximum atomic E-state index is 12.8. The van der Waals surface area contributed by atoms with E-state index in [1.54, 1.807) is 6.07 Å². The predicted octanol–water partition coefficient (Wildman–Crippen LogP) is 1.04. The molecule has 1 aliphatic heterocycles. The molecule has 10 heteroatoms. The van der Waals surface area contributed by atoms with Crippen LogP contribution < -0.4 is 33.1 Å². The van der Waals surface area contributed by atoms with Gasteiger partial charge in [0.25, 0.3) is 11.1 Å². The Balaban J connectivity index is 1.92. The third-order valence-electron chi connectivity index (χ3n) is 4.94. The highest BCUT2D eigenvalue weighted by molar-refractivity contribution is 5.91. The zero-order valence-electron chi connectivity index (χ0n) is 14.9. The maximum absolute atomic E-state index is 12.8. The first-order chi connectivity index (χ1) is 13.9. The van der Waals surface area contributed by atoms with Crippen LogP contribution in [0.15, 0.2) is 46.0 Å². The largest absolute Gasteiger partial charge is 0.437 e. The molecule has 0 saturated heterocycles. The van der Waals surface area contributed by atoms with Gasteiger partial charge in [-0.25, -0.2) is 0 Å². The highest BCUT2D eigenvalue weighted by Gasteiger charge is 2.37. The summed E-state index contributed by atoms with van der Waals surface area (Å²) in [6.07, 6.45) is 0. The lowest BCUT2D eigenvalue weighted by Gasteiger charge is -2.28. The van der Waals surface area contributed by atoms with Crippen molar-refractivity contribution in [3.05, 3.63) is 73.8 Å². The van der Waals surface area contributed by atoms with E-state index in [0.717, 1.165) is 10.8 Å². The zero-order chi connectivity index (χ0) is 20.3. The van der Waals surface area contributed by atoms with E-state index in [1.807, 2.05) is 30.3 Å². The number of nitrogens with zero attached hydrogens (tertiary/aromatic N) is 2. The third kappa shape index (κ3) is 2.42. The van der Waals surface area contributed by atoms with Crippen molar-refractivity contribution in [1.29, 1.82) is 0 Å². The number of benzene rings is 2. The van der Waals surface area contributed by atoms with Gasteiger partial charge >= 0.3 is 0 Å². The molecule has 144 valence electrons. The summed E-state index contributed by atoms with van der Waals surface area (Å²) in [6.45, 7) is 0. The van der Waals surface area contributed by atoms with E-state index in [0.29, 0.717) is 11.3 Å². The average Bonchev–Trinajstić information content (AvgIpc) is 2.66. The Morgan fingerprint density at radius 1 is 0.862 bits per heavy atom. The Bertz CT molecular complexity index is 1400. The summed E-state index contributed by atoms with van der Waals surface area (Å²) < 4.78 is 6.00. The molecule has 5 rings (SSSR count). The molecule has 3 heterocycles. The fourth-order valence-electron chi connectivity index (χ4n) is 3.76. The molecule has 29 heavy (non-hydrogen) atoms. The number of nitrogens with one attached hydrogen (secondary N) is 2. The van der Waals surface area contributed by atoms with Crippen LogP contribution in [0.4, 0.5) is 17.7 Å². The lowest BCUT2D eigenvalue weighted by molar-refractivity contribution is 0.436. The number of aromatic amines is 2. The standard InChI is InChI=1S/C19H15N7O3/c20-14-11(15(27)24-18(21)23-14)10-9-6-5-7-3-1-2-4-8(7)13(9)29-17-12(10)16(28)25-19(22)26-17/h1-6,10H,(H3,22,25,26,28)(H5,20,21,23,24,27). The summed E-state index contributed by atoms with van der Waals surface area (Å²) in [4.78, 5) is 38.5. The van der Waals surface area contributed by atoms with Crippen LogP contribution in [-0.4, -0.2) is 19.9 Å². The van der Waals surface area contributed by atoms with Gasteiger partial charge in [0.05, 0.1) is 17.0 Å². The van der Waals surface area contributed by atoms with E-state index in [-0.39, 0.29) is 34.7 Å². The Kier molecular flexibility index (Phi) is 3.38. The molecule has 1 aliphatic rings. The molecule has 10 nitrogen and oxygen atoms in total.